The minimum Gasteiger partial charge on any atom is -0.388 e. The van der Waals surface area contributed by atoms with Gasteiger partial charge in [-0.1, -0.05) is 81.1 Å². The highest BCUT2D eigenvalue weighted by Crippen LogP contribution is 2.33. The third-order valence-electron chi connectivity index (χ3n) is 5.22. The number of benzene rings is 2. The van der Waals surface area contributed by atoms with Crippen molar-refractivity contribution in [3.05, 3.63) is 65.7 Å². The van der Waals surface area contributed by atoms with Crippen molar-refractivity contribution in [2.45, 2.75) is 52.6 Å². The van der Waals surface area contributed by atoms with Crippen molar-refractivity contribution in [1.82, 2.24) is 4.98 Å². The predicted molar refractivity (Wildman–Crippen MR) is 110 cm³/mol. The quantitative estimate of drug-likeness (QED) is 0.497. The molecule has 1 aromatic heterocycles. The smallest absolute Gasteiger partial charge is 0.0822 e. The molecule has 0 radical (unpaired) electrons. The molecule has 0 saturated heterocycles. The van der Waals surface area contributed by atoms with Gasteiger partial charge in [-0.2, -0.15) is 0 Å². The normalized spacial score (nSPS) is 13.7. The topological polar surface area (TPSA) is 33.1 Å². The number of pyridine rings is 1. The molecule has 2 aromatic carbocycles. The van der Waals surface area contributed by atoms with Crippen LogP contribution in [0.15, 0.2) is 54.6 Å². The monoisotopic (exact) mass is 347 g/mol. The Hall–Kier alpha value is -2.19. The minimum absolute atomic E-state index is 0.234. The van der Waals surface area contributed by atoms with Gasteiger partial charge in [-0.15, -0.1) is 0 Å². The van der Waals surface area contributed by atoms with E-state index in [9.17, 15) is 5.11 Å². The van der Waals surface area contributed by atoms with E-state index in [2.05, 4.69) is 57.2 Å². The number of hydrogen-bond acceptors (Lipinski definition) is 2. The Kier molecular flexibility index (Phi) is 6.05. The number of hydrogen-bond donors (Lipinski definition) is 1. The van der Waals surface area contributed by atoms with Gasteiger partial charge in [0.15, 0.2) is 0 Å². The van der Waals surface area contributed by atoms with Gasteiger partial charge in [-0.05, 0) is 37.0 Å². The summed E-state index contributed by atoms with van der Waals surface area (Å²) in [4.78, 5) is 4.84. The van der Waals surface area contributed by atoms with Crippen LogP contribution in [0.4, 0.5) is 0 Å². The SMILES string of the molecule is CCCCCC(C)C(O)c1cc(-c2ccc(C)cc2)nc2ccccc12. The zero-order valence-electron chi connectivity index (χ0n) is 16.1. The molecule has 2 nitrogen and oxygen atoms in total. The first-order valence-corrected chi connectivity index (χ1v) is 9.75. The van der Waals surface area contributed by atoms with Crippen molar-refractivity contribution >= 4 is 10.9 Å². The summed E-state index contributed by atoms with van der Waals surface area (Å²) in [5.41, 5.74) is 5.20. The molecule has 0 aliphatic heterocycles. The number of aryl methyl sites for hydroxylation is 1. The van der Waals surface area contributed by atoms with Crippen LogP contribution in [-0.4, -0.2) is 10.1 Å². The number of para-hydroxylation sites is 1. The first kappa shape index (κ1) is 18.6. The van der Waals surface area contributed by atoms with Crippen LogP contribution in [0.2, 0.25) is 0 Å². The first-order chi connectivity index (χ1) is 12.6. The predicted octanol–water partition coefficient (Wildman–Crippen LogP) is 6.46. The Morgan fingerprint density at radius 1 is 1.00 bits per heavy atom. The fourth-order valence-electron chi connectivity index (χ4n) is 3.50. The largest absolute Gasteiger partial charge is 0.388 e. The molecule has 0 bridgehead atoms. The van der Waals surface area contributed by atoms with E-state index in [1.807, 2.05) is 18.2 Å². The lowest BCUT2D eigenvalue weighted by atomic mass is 9.90. The number of aromatic nitrogens is 1. The molecule has 1 heterocycles. The molecule has 0 fully saturated rings. The van der Waals surface area contributed by atoms with Crippen molar-refractivity contribution in [3.8, 4) is 11.3 Å². The lowest BCUT2D eigenvalue weighted by Crippen LogP contribution is -2.10. The van der Waals surface area contributed by atoms with Crippen molar-refractivity contribution < 1.29 is 5.11 Å². The van der Waals surface area contributed by atoms with Crippen molar-refractivity contribution in [3.63, 3.8) is 0 Å². The molecule has 0 aliphatic rings. The minimum atomic E-state index is -0.469. The van der Waals surface area contributed by atoms with E-state index in [0.29, 0.717) is 0 Å². The van der Waals surface area contributed by atoms with Crippen LogP contribution < -0.4 is 0 Å². The highest BCUT2D eigenvalue weighted by atomic mass is 16.3. The maximum Gasteiger partial charge on any atom is 0.0822 e. The van der Waals surface area contributed by atoms with Crippen LogP contribution in [-0.2, 0) is 0 Å². The molecule has 0 aliphatic carbocycles. The summed E-state index contributed by atoms with van der Waals surface area (Å²) >= 11 is 0. The van der Waals surface area contributed by atoms with Crippen molar-refractivity contribution in [2.24, 2.45) is 5.92 Å². The highest BCUT2D eigenvalue weighted by molar-refractivity contribution is 5.85. The van der Waals surface area contributed by atoms with Crippen LogP contribution in [0.5, 0.6) is 0 Å². The molecule has 0 saturated carbocycles. The van der Waals surface area contributed by atoms with Crippen LogP contribution in [0.3, 0.4) is 0 Å². The van der Waals surface area contributed by atoms with Crippen LogP contribution in [0, 0.1) is 12.8 Å². The molecule has 2 atom stereocenters. The summed E-state index contributed by atoms with van der Waals surface area (Å²) < 4.78 is 0. The number of aliphatic hydroxyl groups excluding tert-OH is 1. The van der Waals surface area contributed by atoms with Gasteiger partial charge in [0, 0.05) is 10.9 Å². The average molecular weight is 348 g/mol. The number of unbranched alkanes of at least 4 members (excludes halogenated alkanes) is 2. The summed E-state index contributed by atoms with van der Waals surface area (Å²) in [6.07, 6.45) is 4.18. The Balaban J connectivity index is 2.01. The van der Waals surface area contributed by atoms with Crippen LogP contribution in [0.25, 0.3) is 22.2 Å². The van der Waals surface area contributed by atoms with Crippen molar-refractivity contribution in [1.29, 1.82) is 0 Å². The first-order valence-electron chi connectivity index (χ1n) is 9.75. The van der Waals surface area contributed by atoms with Gasteiger partial charge in [-0.3, -0.25) is 0 Å². The molecule has 3 aromatic rings. The molecule has 136 valence electrons. The Labute approximate surface area is 156 Å². The lowest BCUT2D eigenvalue weighted by Gasteiger charge is -2.21. The summed E-state index contributed by atoms with van der Waals surface area (Å²) in [5, 5.41) is 12.1. The average Bonchev–Trinajstić information content (AvgIpc) is 2.67. The Morgan fingerprint density at radius 3 is 2.46 bits per heavy atom. The lowest BCUT2D eigenvalue weighted by molar-refractivity contribution is 0.112. The third kappa shape index (κ3) is 4.13. The van der Waals surface area contributed by atoms with Gasteiger partial charge in [0.25, 0.3) is 0 Å². The number of nitrogens with zero attached hydrogens (tertiary/aromatic N) is 1. The molecular weight excluding hydrogens is 318 g/mol. The fraction of sp³-hybridized carbons (Fsp3) is 0.375. The number of fused-ring (bicyclic) bond motifs is 1. The molecule has 0 amide bonds. The Morgan fingerprint density at radius 2 is 1.73 bits per heavy atom. The van der Waals surface area contributed by atoms with E-state index in [1.54, 1.807) is 0 Å². The molecule has 26 heavy (non-hydrogen) atoms. The van der Waals surface area contributed by atoms with Crippen LogP contribution in [0.1, 0.15) is 56.8 Å². The van der Waals surface area contributed by atoms with Crippen LogP contribution >= 0.6 is 0 Å². The fourth-order valence-corrected chi connectivity index (χ4v) is 3.50. The summed E-state index contributed by atoms with van der Waals surface area (Å²) in [6.45, 7) is 6.46. The van der Waals surface area contributed by atoms with E-state index in [4.69, 9.17) is 4.98 Å². The maximum absolute atomic E-state index is 11.1. The van der Waals surface area contributed by atoms with E-state index >= 15 is 0 Å². The van der Waals surface area contributed by atoms with Gasteiger partial charge in [0.2, 0.25) is 0 Å². The standard InChI is InChI=1S/C24H29NO/c1-4-5-6-9-18(3)24(26)21-16-23(19-14-12-17(2)13-15-19)25-22-11-8-7-10-20(21)22/h7-8,10-16,18,24,26H,4-6,9H2,1-3H3. The molecule has 0 spiro atoms. The van der Waals surface area contributed by atoms with E-state index < -0.39 is 6.10 Å². The maximum atomic E-state index is 11.1. The van der Waals surface area contributed by atoms with Gasteiger partial charge >= 0.3 is 0 Å². The Bertz CT molecular complexity index is 854. The van der Waals surface area contributed by atoms with E-state index in [0.717, 1.165) is 34.1 Å². The number of aliphatic hydroxyl groups is 1. The second kappa shape index (κ2) is 8.46. The second-order valence-corrected chi connectivity index (χ2v) is 7.40. The van der Waals surface area contributed by atoms with Gasteiger partial charge in [-0.25, -0.2) is 4.98 Å². The summed E-state index contributed by atoms with van der Waals surface area (Å²) in [6, 6.07) is 18.6. The van der Waals surface area contributed by atoms with E-state index in [1.165, 1.54) is 24.8 Å². The molecule has 3 rings (SSSR count). The molecule has 2 heteroatoms. The van der Waals surface area contributed by atoms with Gasteiger partial charge in [0.1, 0.15) is 0 Å². The molecule has 2 unspecified atom stereocenters. The van der Waals surface area contributed by atoms with E-state index in [-0.39, 0.29) is 5.92 Å². The van der Waals surface area contributed by atoms with Gasteiger partial charge in [0.05, 0.1) is 17.3 Å². The third-order valence-corrected chi connectivity index (χ3v) is 5.22. The van der Waals surface area contributed by atoms with Gasteiger partial charge < -0.3 is 5.11 Å². The molecule has 1 N–H and O–H groups in total. The summed E-state index contributed by atoms with van der Waals surface area (Å²) in [5.74, 6) is 0.234. The number of rotatable bonds is 7. The zero-order valence-corrected chi connectivity index (χ0v) is 16.1. The highest BCUT2D eigenvalue weighted by Gasteiger charge is 2.20. The van der Waals surface area contributed by atoms with Crippen molar-refractivity contribution in [2.75, 3.05) is 0 Å². The zero-order chi connectivity index (χ0) is 18.5. The summed E-state index contributed by atoms with van der Waals surface area (Å²) in [7, 11) is 0. The molecular formula is C24H29NO. The second-order valence-electron chi connectivity index (χ2n) is 7.40.